The zero-order valence-corrected chi connectivity index (χ0v) is 12.3. The van der Waals surface area contributed by atoms with E-state index in [-0.39, 0.29) is 23.7 Å². The van der Waals surface area contributed by atoms with Crippen LogP contribution < -0.4 is 10.6 Å². The maximum atomic E-state index is 11.8. The van der Waals surface area contributed by atoms with Gasteiger partial charge in [-0.1, -0.05) is 6.07 Å². The third kappa shape index (κ3) is 4.25. The second kappa shape index (κ2) is 6.86. The largest absolute Gasteiger partial charge is 0.454 e. The number of carbonyl (C=O) groups is 3. The molecule has 0 unspecified atom stereocenters. The van der Waals surface area contributed by atoms with Crippen LogP contribution >= 0.6 is 0 Å². The molecule has 2 rings (SSSR count). The molecule has 0 spiro atoms. The van der Waals surface area contributed by atoms with Gasteiger partial charge >= 0.3 is 5.97 Å². The molecular weight excluding hydrogens is 306 g/mol. The minimum absolute atomic E-state index is 0.0239. The monoisotopic (exact) mass is 321 g/mol. The highest BCUT2D eigenvalue weighted by molar-refractivity contribution is 5.95. The average molecular weight is 321 g/mol. The van der Waals surface area contributed by atoms with Crippen molar-refractivity contribution in [1.29, 1.82) is 0 Å². The van der Waals surface area contributed by atoms with Crippen LogP contribution in [0, 0.1) is 17.0 Å². The van der Waals surface area contributed by atoms with E-state index in [1.165, 1.54) is 12.1 Å². The van der Waals surface area contributed by atoms with E-state index in [9.17, 15) is 24.5 Å². The van der Waals surface area contributed by atoms with Crippen molar-refractivity contribution in [3.8, 4) is 0 Å². The maximum absolute atomic E-state index is 11.8. The molecule has 9 heteroatoms. The number of carbonyl (C=O) groups excluding carboxylic acids is 3. The maximum Gasteiger partial charge on any atom is 0.329 e. The number of ether oxygens (including phenoxy) is 1. The summed E-state index contributed by atoms with van der Waals surface area (Å²) in [5.74, 6) is -1.65. The van der Waals surface area contributed by atoms with E-state index >= 15 is 0 Å². The Kier molecular flexibility index (Phi) is 4.89. The summed E-state index contributed by atoms with van der Waals surface area (Å²) < 4.78 is 4.80. The summed E-state index contributed by atoms with van der Waals surface area (Å²) in [6, 6.07) is 3.60. The number of nitro benzene ring substituents is 1. The number of aryl methyl sites for hydroxylation is 1. The molecule has 1 aromatic carbocycles. The van der Waals surface area contributed by atoms with Gasteiger partial charge in [0, 0.05) is 12.5 Å². The zero-order chi connectivity index (χ0) is 17.0. The molecule has 0 bridgehead atoms. The Balaban J connectivity index is 1.91. The van der Waals surface area contributed by atoms with Crippen LogP contribution in [0.1, 0.15) is 18.4 Å². The first kappa shape index (κ1) is 16.4. The quantitative estimate of drug-likeness (QED) is 0.466. The normalized spacial score (nSPS) is 16.6. The molecule has 1 fully saturated rings. The number of benzene rings is 1. The summed E-state index contributed by atoms with van der Waals surface area (Å²) in [5, 5.41) is 15.7. The fraction of sp³-hybridized carbons (Fsp3) is 0.357. The number of anilines is 1. The van der Waals surface area contributed by atoms with Crippen molar-refractivity contribution in [2.45, 2.75) is 25.8 Å². The highest BCUT2D eigenvalue weighted by Crippen LogP contribution is 2.25. The van der Waals surface area contributed by atoms with Gasteiger partial charge < -0.3 is 15.4 Å². The lowest BCUT2D eigenvalue weighted by Gasteiger charge is -2.10. The van der Waals surface area contributed by atoms with Gasteiger partial charge in [-0.3, -0.25) is 19.7 Å². The molecule has 1 heterocycles. The third-order valence-corrected chi connectivity index (χ3v) is 3.25. The van der Waals surface area contributed by atoms with Crippen molar-refractivity contribution in [3.63, 3.8) is 0 Å². The molecule has 1 saturated heterocycles. The lowest BCUT2D eigenvalue weighted by molar-refractivity contribution is -0.384. The fourth-order valence-corrected chi connectivity index (χ4v) is 2.11. The van der Waals surface area contributed by atoms with E-state index in [1.54, 1.807) is 13.0 Å². The van der Waals surface area contributed by atoms with Gasteiger partial charge in [-0.05, 0) is 25.0 Å². The van der Waals surface area contributed by atoms with Gasteiger partial charge in [0.15, 0.2) is 6.61 Å². The molecule has 2 N–H and O–H groups in total. The van der Waals surface area contributed by atoms with E-state index in [0.29, 0.717) is 12.0 Å². The number of nitro groups is 1. The Morgan fingerprint density at radius 3 is 2.83 bits per heavy atom. The zero-order valence-electron chi connectivity index (χ0n) is 12.3. The van der Waals surface area contributed by atoms with Crippen molar-refractivity contribution in [1.82, 2.24) is 5.32 Å². The lowest BCUT2D eigenvalue weighted by atomic mass is 10.2. The number of nitrogens with zero attached hydrogens (tertiary/aromatic N) is 1. The number of hydrogen-bond donors (Lipinski definition) is 2. The Hall–Kier alpha value is -2.97. The van der Waals surface area contributed by atoms with Crippen LogP contribution in [0.4, 0.5) is 11.4 Å². The molecule has 23 heavy (non-hydrogen) atoms. The van der Waals surface area contributed by atoms with Crippen LogP contribution in [0.15, 0.2) is 18.2 Å². The third-order valence-electron chi connectivity index (χ3n) is 3.25. The van der Waals surface area contributed by atoms with Crippen LogP contribution in [0.3, 0.4) is 0 Å². The molecule has 0 aliphatic carbocycles. The van der Waals surface area contributed by atoms with E-state index < -0.39 is 29.4 Å². The Bertz CT molecular complexity index is 672. The summed E-state index contributed by atoms with van der Waals surface area (Å²) in [4.78, 5) is 44.8. The number of hydrogen-bond acceptors (Lipinski definition) is 6. The van der Waals surface area contributed by atoms with Gasteiger partial charge in [0.2, 0.25) is 5.91 Å². The van der Waals surface area contributed by atoms with Crippen molar-refractivity contribution in [2.75, 3.05) is 11.9 Å². The molecule has 1 atom stereocenters. The summed E-state index contributed by atoms with van der Waals surface area (Å²) >= 11 is 0. The van der Waals surface area contributed by atoms with E-state index in [4.69, 9.17) is 4.74 Å². The van der Waals surface area contributed by atoms with E-state index in [0.717, 1.165) is 0 Å². The SMILES string of the molecule is Cc1ccc(NC(=O)COC(=O)[C@H]2CCC(=O)N2)c([N+](=O)[O-])c1. The van der Waals surface area contributed by atoms with Crippen LogP contribution in [0.5, 0.6) is 0 Å². The van der Waals surface area contributed by atoms with Gasteiger partial charge in [-0.2, -0.15) is 0 Å². The Morgan fingerprint density at radius 1 is 1.48 bits per heavy atom. The van der Waals surface area contributed by atoms with Gasteiger partial charge in [-0.15, -0.1) is 0 Å². The predicted molar refractivity (Wildman–Crippen MR) is 78.6 cm³/mol. The van der Waals surface area contributed by atoms with Crippen molar-refractivity contribution >= 4 is 29.2 Å². The summed E-state index contributed by atoms with van der Waals surface area (Å²) in [5.41, 5.74) is 0.460. The van der Waals surface area contributed by atoms with Crippen LogP contribution in [-0.2, 0) is 19.1 Å². The van der Waals surface area contributed by atoms with Crippen LogP contribution in [0.2, 0.25) is 0 Å². The standard InChI is InChI=1S/C14H15N3O6/c1-8-2-3-9(11(6-8)17(21)22)15-13(19)7-23-14(20)10-4-5-12(18)16-10/h2-3,6,10H,4-5,7H2,1H3,(H,15,19)(H,16,18)/t10-/m1/s1. The predicted octanol–water partition coefficient (Wildman–Crippen LogP) is 0.664. The minimum Gasteiger partial charge on any atom is -0.454 e. The summed E-state index contributed by atoms with van der Waals surface area (Å²) in [7, 11) is 0. The second-order valence-electron chi connectivity index (χ2n) is 5.09. The fourth-order valence-electron chi connectivity index (χ4n) is 2.11. The molecule has 0 saturated carbocycles. The van der Waals surface area contributed by atoms with Crippen molar-refractivity contribution in [2.24, 2.45) is 0 Å². The Morgan fingerprint density at radius 2 is 2.22 bits per heavy atom. The van der Waals surface area contributed by atoms with Crippen LogP contribution in [-0.4, -0.2) is 35.4 Å². The highest BCUT2D eigenvalue weighted by Gasteiger charge is 2.29. The molecule has 122 valence electrons. The number of nitrogens with one attached hydrogen (secondary N) is 2. The highest BCUT2D eigenvalue weighted by atomic mass is 16.6. The first-order chi connectivity index (χ1) is 10.9. The smallest absolute Gasteiger partial charge is 0.329 e. The molecule has 0 aromatic heterocycles. The van der Waals surface area contributed by atoms with Gasteiger partial charge in [0.05, 0.1) is 4.92 Å². The van der Waals surface area contributed by atoms with Crippen LogP contribution in [0.25, 0.3) is 0 Å². The van der Waals surface area contributed by atoms with Gasteiger partial charge in [0.25, 0.3) is 11.6 Å². The van der Waals surface area contributed by atoms with E-state index in [1.807, 2.05) is 0 Å². The first-order valence-corrected chi connectivity index (χ1v) is 6.87. The Labute approximate surface area is 131 Å². The topological polar surface area (TPSA) is 128 Å². The molecule has 1 aliphatic heterocycles. The van der Waals surface area contributed by atoms with Crippen molar-refractivity contribution in [3.05, 3.63) is 33.9 Å². The van der Waals surface area contributed by atoms with Crippen molar-refractivity contribution < 1.29 is 24.0 Å². The number of amides is 2. The molecule has 1 aromatic rings. The molecular formula is C14H15N3O6. The number of rotatable bonds is 5. The summed E-state index contributed by atoms with van der Waals surface area (Å²) in [6.07, 6.45) is 0.560. The van der Waals surface area contributed by atoms with Gasteiger partial charge in [-0.25, -0.2) is 4.79 Å². The molecule has 1 aliphatic rings. The minimum atomic E-state index is -0.746. The molecule has 9 nitrogen and oxygen atoms in total. The second-order valence-corrected chi connectivity index (χ2v) is 5.09. The van der Waals surface area contributed by atoms with E-state index in [2.05, 4.69) is 10.6 Å². The first-order valence-electron chi connectivity index (χ1n) is 6.87. The summed E-state index contributed by atoms with van der Waals surface area (Å²) in [6.45, 7) is 1.10. The molecule has 0 radical (unpaired) electrons. The van der Waals surface area contributed by atoms with Gasteiger partial charge in [0.1, 0.15) is 11.7 Å². The molecule has 2 amide bonds. The average Bonchev–Trinajstić information content (AvgIpc) is 2.93. The lowest BCUT2D eigenvalue weighted by Crippen LogP contribution is -2.36. The number of esters is 1.